The molecule has 4 heteroatoms. The molecule has 0 fully saturated rings. The lowest BCUT2D eigenvalue weighted by Gasteiger charge is -2.04. The van der Waals surface area contributed by atoms with Crippen LogP contribution in [0.1, 0.15) is 6.42 Å². The smallest absolute Gasteiger partial charge is 0.171 e. The van der Waals surface area contributed by atoms with E-state index in [0.717, 1.165) is 11.1 Å². The third-order valence-corrected chi connectivity index (χ3v) is 3.33. The molecule has 0 aromatic heterocycles. The zero-order chi connectivity index (χ0) is 11.1. The van der Waals surface area contributed by atoms with Crippen LogP contribution in [-0.2, 0) is 9.84 Å². The molecular formula is C11H15NO2S. The summed E-state index contributed by atoms with van der Waals surface area (Å²) in [6.45, 7) is 3.91. The van der Waals surface area contributed by atoms with Gasteiger partial charge < -0.3 is 5.32 Å². The average Bonchev–Trinajstić information content (AvgIpc) is 2.26. The minimum absolute atomic E-state index is 0.149. The van der Waals surface area contributed by atoms with E-state index in [1.54, 1.807) is 0 Å². The molecule has 1 rings (SSSR count). The summed E-state index contributed by atoms with van der Waals surface area (Å²) in [6, 6.07) is 9.70. The predicted octanol–water partition coefficient (Wildman–Crippen LogP) is 2.05. The number of para-hydroxylation sites is 1. The lowest BCUT2D eigenvalue weighted by molar-refractivity contribution is 0.602. The maximum atomic E-state index is 11.1. The summed E-state index contributed by atoms with van der Waals surface area (Å²) >= 11 is 0. The van der Waals surface area contributed by atoms with Crippen molar-refractivity contribution in [2.45, 2.75) is 6.42 Å². The van der Waals surface area contributed by atoms with Gasteiger partial charge in [-0.1, -0.05) is 24.8 Å². The molecule has 0 amide bonds. The molecule has 0 spiro atoms. The first-order valence-corrected chi connectivity index (χ1v) is 6.50. The number of hydrogen-bond donors (Lipinski definition) is 1. The molecular weight excluding hydrogens is 210 g/mol. The van der Waals surface area contributed by atoms with Crippen molar-refractivity contribution in [1.82, 2.24) is 0 Å². The Hall–Kier alpha value is -1.29. The van der Waals surface area contributed by atoms with Crippen molar-refractivity contribution in [2.24, 2.45) is 0 Å². The molecule has 0 atom stereocenters. The first-order valence-electron chi connectivity index (χ1n) is 4.78. The first-order chi connectivity index (χ1) is 7.14. The van der Waals surface area contributed by atoms with Gasteiger partial charge in [0.25, 0.3) is 0 Å². The number of rotatable bonds is 6. The monoisotopic (exact) mass is 225 g/mol. The lowest BCUT2D eigenvalue weighted by atomic mass is 10.3. The van der Waals surface area contributed by atoms with Crippen molar-refractivity contribution in [1.29, 1.82) is 0 Å². The summed E-state index contributed by atoms with van der Waals surface area (Å²) in [5.74, 6) is 0.149. The topological polar surface area (TPSA) is 46.2 Å². The number of anilines is 1. The molecule has 0 bridgehead atoms. The van der Waals surface area contributed by atoms with Crippen LogP contribution in [0.4, 0.5) is 5.69 Å². The Bertz CT molecular complexity index is 398. The van der Waals surface area contributed by atoms with Crippen molar-refractivity contribution < 1.29 is 8.42 Å². The SMILES string of the molecule is C=CS(=O)(=O)CCCNc1ccccc1. The second-order valence-electron chi connectivity index (χ2n) is 3.18. The summed E-state index contributed by atoms with van der Waals surface area (Å²) in [6.07, 6.45) is 0.587. The van der Waals surface area contributed by atoms with E-state index in [1.165, 1.54) is 0 Å². The Balaban J connectivity index is 2.26. The van der Waals surface area contributed by atoms with Crippen LogP contribution in [-0.4, -0.2) is 20.7 Å². The van der Waals surface area contributed by atoms with Crippen LogP contribution in [0.15, 0.2) is 42.3 Å². The largest absolute Gasteiger partial charge is 0.385 e. The van der Waals surface area contributed by atoms with Crippen molar-refractivity contribution in [3.63, 3.8) is 0 Å². The van der Waals surface area contributed by atoms with E-state index >= 15 is 0 Å². The molecule has 82 valence electrons. The number of nitrogens with one attached hydrogen (secondary N) is 1. The molecule has 1 aromatic carbocycles. The van der Waals surface area contributed by atoms with Crippen molar-refractivity contribution >= 4 is 15.5 Å². The Morgan fingerprint density at radius 2 is 1.93 bits per heavy atom. The van der Waals surface area contributed by atoms with E-state index in [2.05, 4.69) is 11.9 Å². The first kappa shape index (κ1) is 11.8. The zero-order valence-corrected chi connectivity index (χ0v) is 9.33. The molecule has 1 aromatic rings. The van der Waals surface area contributed by atoms with Gasteiger partial charge in [0, 0.05) is 17.6 Å². The van der Waals surface area contributed by atoms with Gasteiger partial charge in [0.2, 0.25) is 0 Å². The third kappa shape index (κ3) is 4.65. The van der Waals surface area contributed by atoms with Gasteiger partial charge in [-0.2, -0.15) is 0 Å². The van der Waals surface area contributed by atoms with Gasteiger partial charge in [-0.05, 0) is 18.6 Å². The van der Waals surface area contributed by atoms with Crippen molar-refractivity contribution in [2.75, 3.05) is 17.6 Å². The fourth-order valence-electron chi connectivity index (χ4n) is 1.15. The van der Waals surface area contributed by atoms with Crippen molar-refractivity contribution in [3.8, 4) is 0 Å². The van der Waals surface area contributed by atoms with E-state index in [9.17, 15) is 8.42 Å². The molecule has 0 aliphatic rings. The molecule has 0 radical (unpaired) electrons. The lowest BCUT2D eigenvalue weighted by Crippen LogP contribution is -2.08. The predicted molar refractivity (Wildman–Crippen MR) is 63.5 cm³/mol. The second kappa shape index (κ2) is 5.56. The van der Waals surface area contributed by atoms with Gasteiger partial charge in [-0.25, -0.2) is 8.42 Å². The minimum atomic E-state index is -3.05. The fourth-order valence-corrected chi connectivity index (χ4v) is 1.86. The van der Waals surface area contributed by atoms with Gasteiger partial charge in [-0.3, -0.25) is 0 Å². The molecule has 15 heavy (non-hydrogen) atoms. The summed E-state index contributed by atoms with van der Waals surface area (Å²) < 4.78 is 22.1. The Morgan fingerprint density at radius 3 is 2.53 bits per heavy atom. The van der Waals surface area contributed by atoms with Crippen LogP contribution < -0.4 is 5.32 Å². The minimum Gasteiger partial charge on any atom is -0.385 e. The van der Waals surface area contributed by atoms with Crippen LogP contribution >= 0.6 is 0 Å². The Labute approximate surface area is 90.7 Å². The zero-order valence-electron chi connectivity index (χ0n) is 8.52. The number of hydrogen-bond acceptors (Lipinski definition) is 3. The van der Waals surface area contributed by atoms with Crippen LogP contribution in [0.5, 0.6) is 0 Å². The van der Waals surface area contributed by atoms with Gasteiger partial charge in [0.05, 0.1) is 5.75 Å². The summed E-state index contributed by atoms with van der Waals surface area (Å²) in [4.78, 5) is 0. The number of sulfone groups is 1. The maximum Gasteiger partial charge on any atom is 0.171 e. The van der Waals surface area contributed by atoms with E-state index < -0.39 is 9.84 Å². The van der Waals surface area contributed by atoms with Crippen LogP contribution in [0, 0.1) is 0 Å². The van der Waals surface area contributed by atoms with Gasteiger partial charge in [0.15, 0.2) is 9.84 Å². The molecule has 0 aliphatic heterocycles. The van der Waals surface area contributed by atoms with Crippen molar-refractivity contribution in [3.05, 3.63) is 42.3 Å². The highest BCUT2D eigenvalue weighted by Gasteiger charge is 2.03. The average molecular weight is 225 g/mol. The summed E-state index contributed by atoms with van der Waals surface area (Å²) in [7, 11) is -3.05. The quantitative estimate of drug-likeness (QED) is 0.754. The van der Waals surface area contributed by atoms with E-state index in [4.69, 9.17) is 0 Å². The Morgan fingerprint density at radius 1 is 1.27 bits per heavy atom. The van der Waals surface area contributed by atoms with E-state index in [1.807, 2.05) is 30.3 Å². The third-order valence-electron chi connectivity index (χ3n) is 1.96. The number of benzene rings is 1. The maximum absolute atomic E-state index is 11.1. The van der Waals surface area contributed by atoms with Gasteiger partial charge >= 0.3 is 0 Å². The highest BCUT2D eigenvalue weighted by atomic mass is 32.2. The molecule has 0 saturated carbocycles. The molecule has 0 heterocycles. The normalized spacial score (nSPS) is 10.9. The van der Waals surface area contributed by atoms with Crippen LogP contribution in [0.2, 0.25) is 0 Å². The Kier molecular flexibility index (Phi) is 4.37. The van der Waals surface area contributed by atoms with Crippen LogP contribution in [0.3, 0.4) is 0 Å². The molecule has 0 saturated heterocycles. The standard InChI is InChI=1S/C11H15NO2S/c1-2-15(13,14)10-6-9-12-11-7-4-3-5-8-11/h2-5,7-8,12H,1,6,9-10H2. The molecule has 0 unspecified atom stereocenters. The molecule has 0 aliphatic carbocycles. The van der Waals surface area contributed by atoms with Gasteiger partial charge in [-0.15, -0.1) is 0 Å². The van der Waals surface area contributed by atoms with Gasteiger partial charge in [0.1, 0.15) is 0 Å². The van der Waals surface area contributed by atoms with E-state index in [-0.39, 0.29) is 5.75 Å². The molecule has 3 nitrogen and oxygen atoms in total. The second-order valence-corrected chi connectivity index (χ2v) is 5.25. The summed E-state index contributed by atoms with van der Waals surface area (Å²) in [5.41, 5.74) is 1.01. The highest BCUT2D eigenvalue weighted by molar-refractivity contribution is 7.94. The van der Waals surface area contributed by atoms with E-state index in [0.29, 0.717) is 13.0 Å². The molecule has 1 N–H and O–H groups in total. The fraction of sp³-hybridized carbons (Fsp3) is 0.273. The van der Waals surface area contributed by atoms with Crippen LogP contribution in [0.25, 0.3) is 0 Å². The highest BCUT2D eigenvalue weighted by Crippen LogP contribution is 2.05. The summed E-state index contributed by atoms with van der Waals surface area (Å²) in [5, 5.41) is 4.15.